The molecule has 9 heteroatoms. The van der Waals surface area contributed by atoms with Crippen LogP contribution in [0.3, 0.4) is 0 Å². The van der Waals surface area contributed by atoms with Crippen LogP contribution < -0.4 is 56.8 Å². The molecule has 16 heavy (non-hydrogen) atoms. The Labute approximate surface area is 146 Å². The average molecular weight is 365 g/mol. The molecule has 0 aliphatic heterocycles. The summed E-state index contributed by atoms with van der Waals surface area (Å²) in [5.74, 6) is 0. The van der Waals surface area contributed by atoms with Crippen LogP contribution in [0, 0.1) is 3.57 Å². The van der Waals surface area contributed by atoms with Crippen LogP contribution in [0.2, 0.25) is 0 Å². The molecule has 0 aromatic heterocycles. The summed E-state index contributed by atoms with van der Waals surface area (Å²) < 4.78 is 37.8. The smallest absolute Gasteiger partial charge is 0.445 e. The van der Waals surface area contributed by atoms with Crippen molar-refractivity contribution in [1.82, 2.24) is 0 Å². The average Bonchev–Trinajstić information content (AvgIpc) is 2.12. The van der Waals surface area contributed by atoms with Crippen molar-refractivity contribution < 1.29 is 64.3 Å². The zero-order valence-corrected chi connectivity index (χ0v) is 13.7. The molecule has 0 atom stereocenters. The zero-order chi connectivity index (χ0) is 11.5. The van der Waals surface area contributed by atoms with Gasteiger partial charge in [-0.1, -0.05) is 17.2 Å². The van der Waals surface area contributed by atoms with Crippen LogP contribution in [-0.2, 0) is 6.54 Å². The van der Waals surface area contributed by atoms with Crippen molar-refractivity contribution in [2.45, 2.75) is 6.54 Å². The first-order chi connectivity index (χ1) is 6.93. The van der Waals surface area contributed by atoms with Gasteiger partial charge in [-0.25, -0.2) is 0 Å². The van der Waals surface area contributed by atoms with Crippen molar-refractivity contribution >= 4 is 35.0 Å². The number of azide groups is 1. The van der Waals surface area contributed by atoms with E-state index in [2.05, 4.69) is 10.0 Å². The van der Waals surface area contributed by atoms with Crippen molar-refractivity contribution in [2.75, 3.05) is 0 Å². The summed E-state index contributed by atoms with van der Waals surface area (Å²) in [5.41, 5.74) is 7.77. The summed E-state index contributed by atoms with van der Waals surface area (Å²) in [6, 6.07) is 3.64. The van der Waals surface area contributed by atoms with E-state index < -0.39 is 12.4 Å². The Balaban J connectivity index is 0.00000225. The van der Waals surface area contributed by atoms with Crippen LogP contribution in [-0.4, -0.2) is 6.98 Å². The van der Waals surface area contributed by atoms with Gasteiger partial charge in [-0.2, -0.15) is 0 Å². The number of rotatable bonds is 3. The Morgan fingerprint density at radius 1 is 1.31 bits per heavy atom. The Kier molecular flexibility index (Phi) is 7.58. The molecule has 0 N–H and O–H groups in total. The van der Waals surface area contributed by atoms with Crippen LogP contribution in [0.5, 0.6) is 0 Å². The molecule has 1 aromatic carbocycles. The van der Waals surface area contributed by atoms with Gasteiger partial charge in [0.25, 0.3) is 0 Å². The quantitative estimate of drug-likeness (QED) is 0.241. The topological polar surface area (TPSA) is 48.8 Å². The molecule has 0 bridgehead atoms. The monoisotopic (exact) mass is 365 g/mol. The minimum absolute atomic E-state index is 0. The minimum atomic E-state index is -5.00. The largest absolute Gasteiger partial charge is 1.00 e. The number of hydrogen-bond acceptors (Lipinski definition) is 1. The Hall–Kier alpha value is 0.751. The first-order valence-electron chi connectivity index (χ1n) is 3.93. The van der Waals surface area contributed by atoms with E-state index in [4.69, 9.17) is 5.53 Å². The molecule has 0 spiro atoms. The van der Waals surface area contributed by atoms with Crippen molar-refractivity contribution in [3.8, 4) is 0 Å². The van der Waals surface area contributed by atoms with E-state index >= 15 is 0 Å². The van der Waals surface area contributed by atoms with Gasteiger partial charge in [0.2, 0.25) is 0 Å². The molecule has 80 valence electrons. The van der Waals surface area contributed by atoms with Crippen molar-refractivity contribution in [3.63, 3.8) is 0 Å². The summed E-state index contributed by atoms with van der Waals surface area (Å²) in [6.45, 7) is -5.06. The van der Waals surface area contributed by atoms with E-state index in [1.54, 1.807) is 28.7 Å². The predicted octanol–water partition coefficient (Wildman–Crippen LogP) is 0.160. The van der Waals surface area contributed by atoms with Gasteiger partial charge in [0.1, 0.15) is 0 Å². The zero-order valence-electron chi connectivity index (χ0n) is 8.37. The Morgan fingerprint density at radius 2 is 1.94 bits per heavy atom. The second kappa shape index (κ2) is 7.24. The number of benzene rings is 1. The maximum Gasteiger partial charge on any atom is 1.00 e. The molecule has 0 radical (unpaired) electrons. The molecule has 3 nitrogen and oxygen atoms in total. The molecule has 0 heterocycles. The van der Waals surface area contributed by atoms with Crippen LogP contribution in [0.25, 0.3) is 10.4 Å². The van der Waals surface area contributed by atoms with Gasteiger partial charge in [-0.05, 0) is 39.8 Å². The SMILES string of the molecule is [K+].[N-]=[N+]=NCc1cc(I)cc([B-](F)(F)F)c1. The molecule has 0 amide bonds. The van der Waals surface area contributed by atoms with E-state index in [-0.39, 0.29) is 57.9 Å². The fourth-order valence-electron chi connectivity index (χ4n) is 1.07. The predicted molar refractivity (Wildman–Crippen MR) is 60.7 cm³/mol. The maximum atomic E-state index is 12.4. The normalized spacial score (nSPS) is 10.2. The van der Waals surface area contributed by atoms with Crippen LogP contribution in [0.1, 0.15) is 5.56 Å². The van der Waals surface area contributed by atoms with Gasteiger partial charge in [0.05, 0.1) is 6.54 Å². The van der Waals surface area contributed by atoms with Gasteiger partial charge in [-0.15, -0.1) is 5.46 Å². The summed E-state index contributed by atoms with van der Waals surface area (Å²) >= 11 is 1.80. The third kappa shape index (κ3) is 5.39. The molecule has 0 aliphatic rings. The van der Waals surface area contributed by atoms with Gasteiger partial charge in [0, 0.05) is 8.48 Å². The molecule has 1 aromatic rings. The van der Waals surface area contributed by atoms with E-state index in [9.17, 15) is 12.9 Å². The Bertz CT molecular complexity index is 420. The third-order valence-electron chi connectivity index (χ3n) is 1.67. The number of nitrogens with zero attached hydrogens (tertiary/aromatic N) is 3. The van der Waals surface area contributed by atoms with Crippen LogP contribution in [0.4, 0.5) is 12.9 Å². The summed E-state index contributed by atoms with van der Waals surface area (Å²) in [6.07, 6.45) is 0. The van der Waals surface area contributed by atoms with Crippen molar-refractivity contribution in [3.05, 3.63) is 37.8 Å². The summed E-state index contributed by atoms with van der Waals surface area (Å²) in [4.78, 5) is 2.50. The van der Waals surface area contributed by atoms with E-state index in [0.717, 1.165) is 12.1 Å². The minimum Gasteiger partial charge on any atom is -0.445 e. The van der Waals surface area contributed by atoms with Gasteiger partial charge in [0.15, 0.2) is 0 Å². The standard InChI is InChI=1S/C7H5BF3IN3.K/c9-8(10,11)6-1-5(4-14-15-13)2-7(12)3-6;/h1-3H,4H2;/q-1;+1. The second-order valence-corrected chi connectivity index (χ2v) is 4.10. The molecule has 0 aliphatic carbocycles. The summed E-state index contributed by atoms with van der Waals surface area (Å²) in [5, 5.41) is 3.22. The molecular weight excluding hydrogens is 360 g/mol. The van der Waals surface area contributed by atoms with Crippen LogP contribution >= 0.6 is 22.6 Å². The Morgan fingerprint density at radius 3 is 2.44 bits per heavy atom. The maximum absolute atomic E-state index is 12.4. The molecule has 0 saturated carbocycles. The van der Waals surface area contributed by atoms with Crippen molar-refractivity contribution in [2.24, 2.45) is 5.11 Å². The first-order valence-corrected chi connectivity index (χ1v) is 5.01. The van der Waals surface area contributed by atoms with Gasteiger partial charge >= 0.3 is 58.4 Å². The fourth-order valence-corrected chi connectivity index (χ4v) is 1.83. The number of hydrogen-bond donors (Lipinski definition) is 0. The second-order valence-electron chi connectivity index (χ2n) is 2.86. The van der Waals surface area contributed by atoms with Gasteiger partial charge < -0.3 is 12.9 Å². The molecular formula is C7H5BF3IKN3. The third-order valence-corrected chi connectivity index (χ3v) is 2.30. The fraction of sp³-hybridized carbons (Fsp3) is 0.143. The van der Waals surface area contributed by atoms with E-state index in [1.807, 2.05) is 0 Å². The molecule has 0 fully saturated rings. The van der Waals surface area contributed by atoms with E-state index in [0.29, 0.717) is 9.13 Å². The first kappa shape index (κ1) is 16.8. The van der Waals surface area contributed by atoms with Crippen LogP contribution in [0.15, 0.2) is 23.3 Å². The molecule has 1 rings (SSSR count). The van der Waals surface area contributed by atoms with Crippen molar-refractivity contribution in [1.29, 1.82) is 0 Å². The van der Waals surface area contributed by atoms with Gasteiger partial charge in [-0.3, -0.25) is 0 Å². The van der Waals surface area contributed by atoms with E-state index in [1.165, 1.54) is 0 Å². The molecule has 0 saturated heterocycles. The molecule has 0 unspecified atom stereocenters. The number of halogens is 4. The summed E-state index contributed by atoms with van der Waals surface area (Å²) in [7, 11) is 0.